The van der Waals surface area contributed by atoms with Gasteiger partial charge in [-0.2, -0.15) is 0 Å². The number of para-hydroxylation sites is 1. The average molecular weight is 331 g/mol. The number of anilines is 2. The topological polar surface area (TPSA) is 56.7 Å². The van der Waals surface area contributed by atoms with Crippen LogP contribution in [0.4, 0.5) is 10.8 Å². The third-order valence-electron chi connectivity index (χ3n) is 3.84. The van der Waals surface area contributed by atoms with Crippen LogP contribution in [0.3, 0.4) is 0 Å². The van der Waals surface area contributed by atoms with Gasteiger partial charge in [0.15, 0.2) is 5.13 Å². The van der Waals surface area contributed by atoms with E-state index in [0.717, 1.165) is 29.4 Å². The van der Waals surface area contributed by atoms with Gasteiger partial charge >= 0.3 is 0 Å². The molecule has 1 aliphatic carbocycles. The molecule has 0 spiro atoms. The summed E-state index contributed by atoms with van der Waals surface area (Å²) in [5, 5.41) is 12.1. The molecule has 0 atom stereocenters. The molecule has 1 fully saturated rings. The minimum absolute atomic E-state index is 0.0590. The minimum Gasteiger partial charge on any atom is -0.395 e. The lowest BCUT2D eigenvalue weighted by Crippen LogP contribution is -2.30. The fourth-order valence-corrected chi connectivity index (χ4v) is 3.54. The summed E-state index contributed by atoms with van der Waals surface area (Å²) in [6.07, 6.45) is 2.13. The molecule has 1 aromatic heterocycles. The first-order chi connectivity index (χ1) is 11.2. The van der Waals surface area contributed by atoms with E-state index in [1.807, 2.05) is 40.6 Å². The van der Waals surface area contributed by atoms with Gasteiger partial charge in [0.25, 0.3) is 0 Å². The molecule has 6 heteroatoms. The summed E-state index contributed by atoms with van der Waals surface area (Å²) in [7, 11) is 0. The Morgan fingerprint density at radius 3 is 2.70 bits per heavy atom. The standard InChI is InChI=1S/C17H21N3O2S/c1-13(22)20(16-7-8-16)17-18-14(12-23-17)11-19(9-10-21)15-5-3-2-4-6-15/h2-6,12,16,21H,7-11H2,1H3. The second-order valence-corrected chi connectivity index (χ2v) is 6.56. The Morgan fingerprint density at radius 1 is 1.35 bits per heavy atom. The summed E-state index contributed by atoms with van der Waals surface area (Å²) in [6, 6.07) is 10.3. The van der Waals surface area contributed by atoms with Crippen LogP contribution < -0.4 is 9.80 Å². The second kappa shape index (κ2) is 7.10. The SMILES string of the molecule is CC(=O)N(c1nc(CN(CCO)c2ccccc2)cs1)C1CC1. The van der Waals surface area contributed by atoms with E-state index in [4.69, 9.17) is 0 Å². The molecular weight excluding hydrogens is 310 g/mol. The number of benzene rings is 1. The fraction of sp³-hybridized carbons (Fsp3) is 0.412. The van der Waals surface area contributed by atoms with Gasteiger partial charge in [-0.25, -0.2) is 4.98 Å². The number of amides is 1. The number of aliphatic hydroxyl groups is 1. The van der Waals surface area contributed by atoms with Crippen LogP contribution in [-0.2, 0) is 11.3 Å². The summed E-state index contributed by atoms with van der Waals surface area (Å²) in [5.74, 6) is 0.0590. The minimum atomic E-state index is 0.0590. The van der Waals surface area contributed by atoms with Crippen molar-refractivity contribution in [3.8, 4) is 0 Å². The van der Waals surface area contributed by atoms with E-state index in [0.29, 0.717) is 19.1 Å². The van der Waals surface area contributed by atoms with Crippen molar-refractivity contribution in [3.05, 3.63) is 41.4 Å². The van der Waals surface area contributed by atoms with Crippen molar-refractivity contribution < 1.29 is 9.90 Å². The van der Waals surface area contributed by atoms with E-state index >= 15 is 0 Å². The first-order valence-corrected chi connectivity index (χ1v) is 8.72. The van der Waals surface area contributed by atoms with Crippen LogP contribution in [0.2, 0.25) is 0 Å². The van der Waals surface area contributed by atoms with Crippen LogP contribution >= 0.6 is 11.3 Å². The average Bonchev–Trinajstić information content (AvgIpc) is 3.27. The smallest absolute Gasteiger partial charge is 0.225 e. The quantitative estimate of drug-likeness (QED) is 0.847. The molecule has 0 aliphatic heterocycles. The summed E-state index contributed by atoms with van der Waals surface area (Å²) in [6.45, 7) is 2.86. The number of hydrogen-bond acceptors (Lipinski definition) is 5. The highest BCUT2D eigenvalue weighted by molar-refractivity contribution is 7.14. The Morgan fingerprint density at radius 2 is 2.09 bits per heavy atom. The van der Waals surface area contributed by atoms with Gasteiger partial charge in [0.05, 0.1) is 18.8 Å². The van der Waals surface area contributed by atoms with E-state index < -0.39 is 0 Å². The summed E-state index contributed by atoms with van der Waals surface area (Å²) >= 11 is 1.51. The zero-order chi connectivity index (χ0) is 16.2. The number of rotatable bonds is 7. The third kappa shape index (κ3) is 3.89. The van der Waals surface area contributed by atoms with E-state index in [1.165, 1.54) is 11.3 Å². The Hall–Kier alpha value is -1.92. The molecule has 1 N–H and O–H groups in total. The maximum atomic E-state index is 11.8. The summed E-state index contributed by atoms with van der Waals surface area (Å²) in [5.41, 5.74) is 1.98. The summed E-state index contributed by atoms with van der Waals surface area (Å²) < 4.78 is 0. The van der Waals surface area contributed by atoms with Crippen LogP contribution in [0.5, 0.6) is 0 Å². The zero-order valence-electron chi connectivity index (χ0n) is 13.2. The van der Waals surface area contributed by atoms with Gasteiger partial charge in [-0.1, -0.05) is 18.2 Å². The number of aliphatic hydroxyl groups excluding tert-OH is 1. The van der Waals surface area contributed by atoms with Gasteiger partial charge in [-0.15, -0.1) is 11.3 Å². The molecule has 5 nitrogen and oxygen atoms in total. The largest absolute Gasteiger partial charge is 0.395 e. The first-order valence-electron chi connectivity index (χ1n) is 7.84. The normalized spacial score (nSPS) is 13.8. The first kappa shape index (κ1) is 16.0. The van der Waals surface area contributed by atoms with Crippen molar-refractivity contribution in [1.82, 2.24) is 4.98 Å². The molecule has 2 aromatic rings. The van der Waals surface area contributed by atoms with E-state index in [2.05, 4.69) is 9.88 Å². The molecule has 0 unspecified atom stereocenters. The van der Waals surface area contributed by atoms with Crippen LogP contribution in [0.1, 0.15) is 25.5 Å². The number of carbonyl (C=O) groups excluding carboxylic acids is 1. The van der Waals surface area contributed by atoms with Gasteiger partial charge in [0.1, 0.15) is 0 Å². The molecule has 1 aromatic carbocycles. The number of hydrogen-bond donors (Lipinski definition) is 1. The molecule has 1 aliphatic rings. The van der Waals surface area contributed by atoms with Gasteiger partial charge in [-0.05, 0) is 25.0 Å². The van der Waals surface area contributed by atoms with Crippen molar-refractivity contribution in [1.29, 1.82) is 0 Å². The maximum absolute atomic E-state index is 11.8. The van der Waals surface area contributed by atoms with E-state index in [1.54, 1.807) is 6.92 Å². The molecule has 0 saturated heterocycles. The second-order valence-electron chi connectivity index (χ2n) is 5.72. The molecule has 0 radical (unpaired) electrons. The molecule has 0 bridgehead atoms. The molecule has 122 valence electrons. The van der Waals surface area contributed by atoms with Crippen molar-refractivity contribution in [2.24, 2.45) is 0 Å². The Balaban J connectivity index is 1.75. The van der Waals surface area contributed by atoms with Crippen LogP contribution in [0, 0.1) is 0 Å². The van der Waals surface area contributed by atoms with Gasteiger partial charge in [0, 0.05) is 30.6 Å². The van der Waals surface area contributed by atoms with Crippen molar-refractivity contribution in [3.63, 3.8) is 0 Å². The van der Waals surface area contributed by atoms with Crippen molar-refractivity contribution >= 4 is 28.1 Å². The lowest BCUT2D eigenvalue weighted by molar-refractivity contribution is -0.116. The van der Waals surface area contributed by atoms with Crippen LogP contribution in [0.15, 0.2) is 35.7 Å². The molecule has 23 heavy (non-hydrogen) atoms. The van der Waals surface area contributed by atoms with Crippen molar-refractivity contribution in [2.45, 2.75) is 32.4 Å². The van der Waals surface area contributed by atoms with Crippen molar-refractivity contribution in [2.75, 3.05) is 23.0 Å². The predicted octanol–water partition coefficient (Wildman–Crippen LogP) is 2.66. The highest BCUT2D eigenvalue weighted by Crippen LogP contribution is 2.34. The number of nitrogens with zero attached hydrogens (tertiary/aromatic N) is 3. The Labute approximate surface area is 140 Å². The molecule has 3 rings (SSSR count). The lowest BCUT2D eigenvalue weighted by Gasteiger charge is -2.23. The number of carbonyl (C=O) groups is 1. The monoisotopic (exact) mass is 331 g/mol. The van der Waals surface area contributed by atoms with Gasteiger partial charge in [-0.3, -0.25) is 9.69 Å². The number of thiazole rings is 1. The maximum Gasteiger partial charge on any atom is 0.225 e. The fourth-order valence-electron chi connectivity index (χ4n) is 2.61. The molecule has 1 amide bonds. The van der Waals surface area contributed by atoms with E-state index in [9.17, 15) is 9.90 Å². The van der Waals surface area contributed by atoms with E-state index in [-0.39, 0.29) is 12.5 Å². The predicted molar refractivity (Wildman–Crippen MR) is 92.9 cm³/mol. The highest BCUT2D eigenvalue weighted by Gasteiger charge is 2.33. The van der Waals surface area contributed by atoms with Gasteiger partial charge < -0.3 is 10.0 Å². The Kier molecular flexibility index (Phi) is 4.93. The Bertz CT molecular complexity index is 655. The third-order valence-corrected chi connectivity index (χ3v) is 4.73. The molecule has 1 heterocycles. The molecule has 1 saturated carbocycles. The van der Waals surface area contributed by atoms with Crippen LogP contribution in [-0.4, -0.2) is 35.2 Å². The van der Waals surface area contributed by atoms with Gasteiger partial charge in [0.2, 0.25) is 5.91 Å². The molecular formula is C17H21N3O2S. The van der Waals surface area contributed by atoms with Crippen LogP contribution in [0.25, 0.3) is 0 Å². The zero-order valence-corrected chi connectivity index (χ0v) is 14.0. The number of aromatic nitrogens is 1. The summed E-state index contributed by atoms with van der Waals surface area (Å²) in [4.78, 5) is 20.4. The highest BCUT2D eigenvalue weighted by atomic mass is 32.1. The lowest BCUT2D eigenvalue weighted by atomic mass is 10.2.